The van der Waals surface area contributed by atoms with Crippen LogP contribution >= 0.6 is 0 Å². The standard InChI is InChI=1S/C20H13FN4O/c1-26-17-8-2-13(3-9-17)18-20-19(24-12-23-18)14(10-22)11-25(20)16-6-4-15(21)5-7-16/h2-9,11-12H,1H3. The maximum atomic E-state index is 13.3. The third kappa shape index (κ3) is 2.56. The van der Waals surface area contributed by atoms with Crippen molar-refractivity contribution >= 4 is 11.0 Å². The number of nitrogens with zero attached hydrogens (tertiary/aromatic N) is 4. The largest absolute Gasteiger partial charge is 0.497 e. The van der Waals surface area contributed by atoms with Gasteiger partial charge in [0, 0.05) is 17.4 Å². The number of methoxy groups -OCH3 is 1. The molecule has 0 bridgehead atoms. The Morgan fingerprint density at radius 1 is 1.04 bits per heavy atom. The second-order valence-electron chi connectivity index (χ2n) is 5.65. The molecule has 6 heteroatoms. The molecule has 26 heavy (non-hydrogen) atoms. The van der Waals surface area contributed by atoms with Crippen LogP contribution < -0.4 is 4.74 Å². The zero-order chi connectivity index (χ0) is 18.1. The molecule has 0 aliphatic rings. The number of benzene rings is 2. The Balaban J connectivity index is 2.00. The Bertz CT molecular complexity index is 1130. The van der Waals surface area contributed by atoms with Gasteiger partial charge in [-0.05, 0) is 48.5 Å². The average molecular weight is 344 g/mol. The lowest BCUT2D eigenvalue weighted by molar-refractivity contribution is 0.415. The predicted molar refractivity (Wildman–Crippen MR) is 95.5 cm³/mol. The normalized spacial score (nSPS) is 10.7. The van der Waals surface area contributed by atoms with Gasteiger partial charge in [-0.1, -0.05) is 0 Å². The highest BCUT2D eigenvalue weighted by Gasteiger charge is 2.17. The number of hydrogen-bond acceptors (Lipinski definition) is 4. The first-order valence-corrected chi connectivity index (χ1v) is 7.88. The lowest BCUT2D eigenvalue weighted by Crippen LogP contribution is -1.96. The zero-order valence-corrected chi connectivity index (χ0v) is 13.8. The van der Waals surface area contributed by atoms with Crippen molar-refractivity contribution in [3.63, 3.8) is 0 Å². The van der Waals surface area contributed by atoms with Crippen molar-refractivity contribution in [1.29, 1.82) is 5.26 Å². The van der Waals surface area contributed by atoms with Gasteiger partial charge in [0.05, 0.1) is 23.9 Å². The molecule has 0 aliphatic carbocycles. The van der Waals surface area contributed by atoms with E-state index in [1.165, 1.54) is 18.5 Å². The lowest BCUT2D eigenvalue weighted by Gasteiger charge is -2.09. The molecule has 2 aromatic heterocycles. The number of nitriles is 1. The van der Waals surface area contributed by atoms with Crippen molar-refractivity contribution in [3.8, 4) is 28.8 Å². The van der Waals surface area contributed by atoms with Crippen LogP contribution in [0.1, 0.15) is 5.56 Å². The van der Waals surface area contributed by atoms with Crippen LogP contribution in [0, 0.1) is 17.1 Å². The molecule has 0 aliphatic heterocycles. The minimum Gasteiger partial charge on any atom is -0.497 e. The Labute approximate surface area is 148 Å². The molecule has 4 aromatic rings. The zero-order valence-electron chi connectivity index (χ0n) is 13.8. The molecule has 4 rings (SSSR count). The van der Waals surface area contributed by atoms with Gasteiger partial charge in [0.25, 0.3) is 0 Å². The number of halogens is 1. The van der Waals surface area contributed by atoms with E-state index in [2.05, 4.69) is 16.0 Å². The number of ether oxygens (including phenoxy) is 1. The van der Waals surface area contributed by atoms with Crippen molar-refractivity contribution in [1.82, 2.24) is 14.5 Å². The van der Waals surface area contributed by atoms with Crippen molar-refractivity contribution in [2.75, 3.05) is 7.11 Å². The quantitative estimate of drug-likeness (QED) is 0.561. The smallest absolute Gasteiger partial charge is 0.123 e. The van der Waals surface area contributed by atoms with Crippen LogP contribution in [0.4, 0.5) is 4.39 Å². The summed E-state index contributed by atoms with van der Waals surface area (Å²) in [7, 11) is 1.61. The van der Waals surface area contributed by atoms with E-state index in [0.29, 0.717) is 22.3 Å². The summed E-state index contributed by atoms with van der Waals surface area (Å²) in [6.45, 7) is 0. The molecular formula is C20H13FN4O. The molecule has 2 aromatic carbocycles. The third-order valence-corrected chi connectivity index (χ3v) is 4.17. The van der Waals surface area contributed by atoms with Crippen molar-refractivity contribution in [2.24, 2.45) is 0 Å². The molecule has 0 radical (unpaired) electrons. The Hall–Kier alpha value is -3.72. The van der Waals surface area contributed by atoms with E-state index in [-0.39, 0.29) is 5.82 Å². The summed E-state index contributed by atoms with van der Waals surface area (Å²) in [5.41, 5.74) is 3.95. The Morgan fingerprint density at radius 2 is 1.77 bits per heavy atom. The maximum absolute atomic E-state index is 13.3. The topological polar surface area (TPSA) is 63.7 Å². The predicted octanol–water partition coefficient (Wildman–Crippen LogP) is 4.11. The molecular weight excluding hydrogens is 331 g/mol. The van der Waals surface area contributed by atoms with Gasteiger partial charge < -0.3 is 9.30 Å². The van der Waals surface area contributed by atoms with Crippen molar-refractivity contribution < 1.29 is 9.13 Å². The van der Waals surface area contributed by atoms with E-state index in [9.17, 15) is 9.65 Å². The molecule has 0 fully saturated rings. The molecule has 0 amide bonds. The van der Waals surface area contributed by atoms with Gasteiger partial charge in [0.2, 0.25) is 0 Å². The molecule has 0 saturated heterocycles. The number of hydrogen-bond donors (Lipinski definition) is 0. The second kappa shape index (κ2) is 6.30. The summed E-state index contributed by atoms with van der Waals surface area (Å²) in [5.74, 6) is 0.419. The summed E-state index contributed by atoms with van der Waals surface area (Å²) in [6.07, 6.45) is 3.14. The van der Waals surface area contributed by atoms with Crippen LogP contribution in [-0.4, -0.2) is 21.6 Å². The highest BCUT2D eigenvalue weighted by Crippen LogP contribution is 2.31. The first-order chi connectivity index (χ1) is 12.7. The lowest BCUT2D eigenvalue weighted by atomic mass is 10.1. The average Bonchev–Trinajstić information content (AvgIpc) is 3.07. The van der Waals surface area contributed by atoms with Gasteiger partial charge in [-0.3, -0.25) is 0 Å². The van der Waals surface area contributed by atoms with E-state index in [4.69, 9.17) is 4.74 Å². The fraction of sp³-hybridized carbons (Fsp3) is 0.0500. The molecule has 126 valence electrons. The van der Waals surface area contributed by atoms with E-state index >= 15 is 0 Å². The second-order valence-corrected chi connectivity index (χ2v) is 5.65. The van der Waals surface area contributed by atoms with E-state index in [0.717, 1.165) is 17.0 Å². The van der Waals surface area contributed by atoms with Crippen LogP contribution in [0.25, 0.3) is 28.0 Å². The third-order valence-electron chi connectivity index (χ3n) is 4.17. The summed E-state index contributed by atoms with van der Waals surface area (Å²) in [6, 6.07) is 15.7. The molecule has 5 nitrogen and oxygen atoms in total. The van der Waals surface area contributed by atoms with Crippen molar-refractivity contribution in [3.05, 3.63) is 72.4 Å². The fourth-order valence-electron chi connectivity index (χ4n) is 2.91. The number of aromatic nitrogens is 3. The summed E-state index contributed by atoms with van der Waals surface area (Å²) in [5, 5.41) is 9.47. The van der Waals surface area contributed by atoms with Crippen LogP contribution in [0.3, 0.4) is 0 Å². The van der Waals surface area contributed by atoms with Gasteiger partial charge in [0.15, 0.2) is 0 Å². The van der Waals surface area contributed by atoms with Gasteiger partial charge in [0.1, 0.15) is 29.5 Å². The minimum absolute atomic E-state index is 0.322. The van der Waals surface area contributed by atoms with Crippen LogP contribution in [0.15, 0.2) is 61.1 Å². The van der Waals surface area contributed by atoms with E-state index in [1.807, 2.05) is 28.8 Å². The maximum Gasteiger partial charge on any atom is 0.123 e. The Morgan fingerprint density at radius 3 is 2.42 bits per heavy atom. The number of fused-ring (bicyclic) bond motifs is 1. The number of rotatable bonds is 3. The molecule has 0 unspecified atom stereocenters. The molecule has 2 heterocycles. The summed E-state index contributed by atoms with van der Waals surface area (Å²) in [4.78, 5) is 8.71. The van der Waals surface area contributed by atoms with Gasteiger partial charge in [-0.25, -0.2) is 14.4 Å². The monoisotopic (exact) mass is 344 g/mol. The van der Waals surface area contributed by atoms with Crippen LogP contribution in [0.2, 0.25) is 0 Å². The summed E-state index contributed by atoms with van der Waals surface area (Å²) < 4.78 is 20.3. The van der Waals surface area contributed by atoms with Gasteiger partial charge >= 0.3 is 0 Å². The van der Waals surface area contributed by atoms with E-state index < -0.39 is 0 Å². The first kappa shape index (κ1) is 15.8. The highest BCUT2D eigenvalue weighted by molar-refractivity contribution is 5.94. The van der Waals surface area contributed by atoms with Crippen LogP contribution in [0.5, 0.6) is 5.75 Å². The first-order valence-electron chi connectivity index (χ1n) is 7.88. The van der Waals surface area contributed by atoms with Gasteiger partial charge in [-0.15, -0.1) is 0 Å². The SMILES string of the molecule is COc1ccc(-c2ncnc3c(C#N)cn(-c4ccc(F)cc4)c23)cc1. The molecule has 0 N–H and O–H groups in total. The van der Waals surface area contributed by atoms with Gasteiger partial charge in [-0.2, -0.15) is 5.26 Å². The van der Waals surface area contributed by atoms with Crippen LogP contribution in [-0.2, 0) is 0 Å². The van der Waals surface area contributed by atoms with Crippen molar-refractivity contribution in [2.45, 2.75) is 0 Å². The minimum atomic E-state index is -0.322. The molecule has 0 saturated carbocycles. The fourth-order valence-corrected chi connectivity index (χ4v) is 2.91. The molecule has 0 atom stereocenters. The summed E-state index contributed by atoms with van der Waals surface area (Å²) >= 11 is 0. The highest BCUT2D eigenvalue weighted by atomic mass is 19.1. The van der Waals surface area contributed by atoms with E-state index in [1.54, 1.807) is 25.4 Å². The molecule has 0 spiro atoms. The Kier molecular flexibility index (Phi) is 3.82.